The monoisotopic (exact) mass is 226 g/mol. The van der Waals surface area contributed by atoms with Crippen molar-refractivity contribution in [3.05, 3.63) is 0 Å². The van der Waals surface area contributed by atoms with Crippen molar-refractivity contribution in [1.82, 2.24) is 5.32 Å². The molecule has 1 aliphatic rings. The molecule has 86 valence electrons. The second kappa shape index (κ2) is 6.40. The van der Waals surface area contributed by atoms with Crippen molar-refractivity contribution in [2.75, 3.05) is 11.5 Å². The van der Waals surface area contributed by atoms with E-state index in [1.165, 1.54) is 24.3 Å². The molecule has 15 heavy (non-hydrogen) atoms. The maximum absolute atomic E-state index is 9.29. The zero-order chi connectivity index (χ0) is 11.1. The summed E-state index contributed by atoms with van der Waals surface area (Å²) in [6.07, 6.45) is 5.60. The summed E-state index contributed by atoms with van der Waals surface area (Å²) in [4.78, 5) is 0. The summed E-state index contributed by atoms with van der Waals surface area (Å²) < 4.78 is 0. The standard InChI is InChI=1S/C12H22N2S/c1-3-12(10-13,14-11-6-7-11)8-5-9-15-4-2/h11,14H,3-9H2,1-2H3. The zero-order valence-corrected chi connectivity index (χ0v) is 10.7. The highest BCUT2D eigenvalue weighted by Crippen LogP contribution is 2.27. The fourth-order valence-corrected chi connectivity index (χ4v) is 2.39. The van der Waals surface area contributed by atoms with Gasteiger partial charge in [-0.1, -0.05) is 13.8 Å². The van der Waals surface area contributed by atoms with Crippen molar-refractivity contribution in [2.45, 2.75) is 57.5 Å². The van der Waals surface area contributed by atoms with Crippen LogP contribution in [0.15, 0.2) is 0 Å². The quantitative estimate of drug-likeness (QED) is 0.646. The first-order valence-electron chi connectivity index (χ1n) is 6.03. The molecular weight excluding hydrogens is 204 g/mol. The van der Waals surface area contributed by atoms with Gasteiger partial charge in [0.25, 0.3) is 0 Å². The van der Waals surface area contributed by atoms with Crippen molar-refractivity contribution in [3.8, 4) is 6.07 Å². The van der Waals surface area contributed by atoms with Crippen molar-refractivity contribution in [1.29, 1.82) is 5.26 Å². The topological polar surface area (TPSA) is 35.8 Å². The third-order valence-electron chi connectivity index (χ3n) is 2.97. The second-order valence-electron chi connectivity index (χ2n) is 4.27. The van der Waals surface area contributed by atoms with E-state index in [-0.39, 0.29) is 5.54 Å². The third kappa shape index (κ3) is 4.44. The summed E-state index contributed by atoms with van der Waals surface area (Å²) in [5.74, 6) is 2.37. The van der Waals surface area contributed by atoms with Crippen LogP contribution >= 0.6 is 11.8 Å². The van der Waals surface area contributed by atoms with Crippen LogP contribution in [0.2, 0.25) is 0 Å². The largest absolute Gasteiger partial charge is 0.297 e. The van der Waals surface area contributed by atoms with Gasteiger partial charge in [0.15, 0.2) is 0 Å². The Balaban J connectivity index is 2.30. The van der Waals surface area contributed by atoms with E-state index in [2.05, 4.69) is 25.2 Å². The fraction of sp³-hybridized carbons (Fsp3) is 0.917. The molecular formula is C12H22N2S. The van der Waals surface area contributed by atoms with Crippen molar-refractivity contribution < 1.29 is 0 Å². The van der Waals surface area contributed by atoms with Gasteiger partial charge in [-0.3, -0.25) is 5.32 Å². The van der Waals surface area contributed by atoms with Crippen molar-refractivity contribution in [2.24, 2.45) is 0 Å². The minimum Gasteiger partial charge on any atom is -0.297 e. The van der Waals surface area contributed by atoms with E-state index in [4.69, 9.17) is 0 Å². The first kappa shape index (κ1) is 12.9. The lowest BCUT2D eigenvalue weighted by Crippen LogP contribution is -2.44. The van der Waals surface area contributed by atoms with Crippen molar-refractivity contribution >= 4 is 11.8 Å². The average Bonchev–Trinajstić information content (AvgIpc) is 3.06. The lowest BCUT2D eigenvalue weighted by molar-refractivity contribution is 0.367. The van der Waals surface area contributed by atoms with Gasteiger partial charge in [-0.2, -0.15) is 17.0 Å². The molecule has 0 saturated heterocycles. The van der Waals surface area contributed by atoms with Crippen LogP contribution in [0.4, 0.5) is 0 Å². The van der Waals surface area contributed by atoms with Gasteiger partial charge in [-0.15, -0.1) is 0 Å². The Morgan fingerprint density at radius 1 is 1.47 bits per heavy atom. The Kier molecular flexibility index (Phi) is 5.49. The molecule has 0 aromatic heterocycles. The van der Waals surface area contributed by atoms with Crippen LogP contribution in [0.25, 0.3) is 0 Å². The molecule has 3 heteroatoms. The van der Waals surface area contributed by atoms with Gasteiger partial charge < -0.3 is 0 Å². The molecule has 1 saturated carbocycles. The highest BCUT2D eigenvalue weighted by Gasteiger charge is 2.34. The predicted molar refractivity (Wildman–Crippen MR) is 67.0 cm³/mol. The Labute approximate surface area is 97.8 Å². The highest BCUT2D eigenvalue weighted by atomic mass is 32.2. The first-order chi connectivity index (χ1) is 7.26. The number of hydrogen-bond acceptors (Lipinski definition) is 3. The number of thioether (sulfide) groups is 1. The Morgan fingerprint density at radius 2 is 2.20 bits per heavy atom. The molecule has 0 spiro atoms. The van der Waals surface area contributed by atoms with E-state index < -0.39 is 0 Å². The SMILES string of the molecule is CCSCCCC(C#N)(CC)NC1CC1. The lowest BCUT2D eigenvalue weighted by Gasteiger charge is -2.26. The summed E-state index contributed by atoms with van der Waals surface area (Å²) in [5.41, 5.74) is -0.241. The van der Waals surface area contributed by atoms with Gasteiger partial charge in [-0.25, -0.2) is 0 Å². The molecule has 1 N–H and O–H groups in total. The second-order valence-corrected chi connectivity index (χ2v) is 5.66. The molecule has 2 nitrogen and oxygen atoms in total. The molecule has 0 aromatic carbocycles. The Bertz CT molecular complexity index is 220. The Morgan fingerprint density at radius 3 is 2.67 bits per heavy atom. The van der Waals surface area contributed by atoms with Gasteiger partial charge >= 0.3 is 0 Å². The van der Waals surface area contributed by atoms with E-state index in [0.29, 0.717) is 6.04 Å². The normalized spacial score (nSPS) is 19.5. The first-order valence-corrected chi connectivity index (χ1v) is 7.18. The van der Waals surface area contributed by atoms with Crippen LogP contribution in [-0.2, 0) is 0 Å². The minimum absolute atomic E-state index is 0.241. The summed E-state index contributed by atoms with van der Waals surface area (Å²) in [5, 5.41) is 12.8. The number of nitrogens with one attached hydrogen (secondary N) is 1. The minimum atomic E-state index is -0.241. The molecule has 1 fully saturated rings. The molecule has 1 atom stereocenters. The van der Waals surface area contributed by atoms with E-state index >= 15 is 0 Å². The zero-order valence-electron chi connectivity index (χ0n) is 9.88. The number of nitriles is 1. The van der Waals surface area contributed by atoms with Crippen molar-refractivity contribution in [3.63, 3.8) is 0 Å². The molecule has 0 heterocycles. The maximum atomic E-state index is 9.29. The summed E-state index contributed by atoms with van der Waals surface area (Å²) in [7, 11) is 0. The van der Waals surface area contributed by atoms with E-state index in [1.807, 2.05) is 11.8 Å². The smallest absolute Gasteiger partial charge is 0.106 e. The van der Waals surface area contributed by atoms with E-state index in [1.54, 1.807) is 0 Å². The van der Waals surface area contributed by atoms with E-state index in [9.17, 15) is 5.26 Å². The fourth-order valence-electron chi connectivity index (χ4n) is 1.76. The Hall–Kier alpha value is -0.200. The molecule has 0 aliphatic heterocycles. The number of nitrogens with zero attached hydrogens (tertiary/aromatic N) is 1. The molecule has 0 radical (unpaired) electrons. The van der Waals surface area contributed by atoms with Crippen LogP contribution in [0.3, 0.4) is 0 Å². The molecule has 1 aliphatic carbocycles. The van der Waals surface area contributed by atoms with Gasteiger partial charge in [0.1, 0.15) is 5.54 Å². The van der Waals surface area contributed by atoms with Gasteiger partial charge in [-0.05, 0) is 43.6 Å². The molecule has 1 unspecified atom stereocenters. The molecule has 1 rings (SSSR count). The van der Waals surface area contributed by atoms with Gasteiger partial charge in [0.05, 0.1) is 6.07 Å². The van der Waals surface area contributed by atoms with Crippen LogP contribution < -0.4 is 5.32 Å². The van der Waals surface area contributed by atoms with E-state index in [0.717, 1.165) is 19.3 Å². The average molecular weight is 226 g/mol. The van der Waals surface area contributed by atoms with Crippen LogP contribution in [0, 0.1) is 11.3 Å². The summed E-state index contributed by atoms with van der Waals surface area (Å²) >= 11 is 1.97. The predicted octanol–water partition coefficient (Wildman–Crippen LogP) is 2.94. The van der Waals surface area contributed by atoms with Gasteiger partial charge in [0, 0.05) is 6.04 Å². The maximum Gasteiger partial charge on any atom is 0.106 e. The molecule has 0 bridgehead atoms. The molecule has 0 amide bonds. The lowest BCUT2D eigenvalue weighted by atomic mass is 9.92. The summed E-state index contributed by atoms with van der Waals surface area (Å²) in [6, 6.07) is 3.12. The molecule has 0 aromatic rings. The third-order valence-corrected chi connectivity index (χ3v) is 3.96. The van der Waals surface area contributed by atoms with Gasteiger partial charge in [0.2, 0.25) is 0 Å². The number of hydrogen-bond donors (Lipinski definition) is 1. The van der Waals surface area contributed by atoms with Crippen LogP contribution in [0.5, 0.6) is 0 Å². The number of rotatable bonds is 8. The summed E-state index contributed by atoms with van der Waals surface area (Å²) in [6.45, 7) is 4.30. The van der Waals surface area contributed by atoms with Crippen LogP contribution in [0.1, 0.15) is 46.0 Å². The highest BCUT2D eigenvalue weighted by molar-refractivity contribution is 7.99. The van der Waals surface area contributed by atoms with Crippen LogP contribution in [-0.4, -0.2) is 23.1 Å².